The Labute approximate surface area is 125 Å². The number of hydrogen-bond donors (Lipinski definition) is 1. The highest BCUT2D eigenvalue weighted by Gasteiger charge is 2.17. The van der Waals surface area contributed by atoms with Crippen LogP contribution in [0.2, 0.25) is 0 Å². The first kappa shape index (κ1) is 14.0. The third kappa shape index (κ3) is 2.60. The summed E-state index contributed by atoms with van der Waals surface area (Å²) >= 11 is 0. The van der Waals surface area contributed by atoms with Crippen LogP contribution < -0.4 is 5.32 Å². The zero-order valence-corrected chi connectivity index (χ0v) is 12.4. The van der Waals surface area contributed by atoms with E-state index in [1.54, 1.807) is 36.3 Å². The van der Waals surface area contributed by atoms with Gasteiger partial charge < -0.3 is 4.42 Å². The molecule has 0 radical (unpaired) electrons. The predicted octanol–water partition coefficient (Wildman–Crippen LogP) is 1.50. The minimum Gasteiger partial charge on any atom is -0.401 e. The number of carbonyl (C=O) groups excluding carboxylic acids is 1. The van der Waals surface area contributed by atoms with Gasteiger partial charge in [-0.25, -0.2) is 0 Å². The maximum absolute atomic E-state index is 12.0. The van der Waals surface area contributed by atoms with Crippen LogP contribution in [-0.4, -0.2) is 35.7 Å². The Hall–Kier alpha value is -2.97. The van der Waals surface area contributed by atoms with Crippen LogP contribution in [-0.2, 0) is 7.05 Å². The lowest BCUT2D eigenvalue weighted by Crippen LogP contribution is -2.13. The van der Waals surface area contributed by atoms with Gasteiger partial charge in [-0.2, -0.15) is 10.2 Å². The maximum atomic E-state index is 12.0. The topological polar surface area (TPSA) is 104 Å². The maximum Gasteiger partial charge on any atom is 0.322 e. The first-order valence-electron chi connectivity index (χ1n) is 6.73. The van der Waals surface area contributed by atoms with Crippen LogP contribution in [0.15, 0.2) is 28.9 Å². The second-order valence-corrected chi connectivity index (χ2v) is 5.00. The standard InChI is InChI=1S/C13H15N7O2/c1-8(2)20-10(4-6-14-20)12-16-17-13(22-12)15-11(21)9-5-7-19(3)18-9/h4-8H,1-3H3,(H,15,17,21). The van der Waals surface area contributed by atoms with Crippen molar-refractivity contribution in [2.24, 2.45) is 7.05 Å². The fraction of sp³-hybridized carbons (Fsp3) is 0.308. The fourth-order valence-corrected chi connectivity index (χ4v) is 1.97. The largest absolute Gasteiger partial charge is 0.401 e. The summed E-state index contributed by atoms with van der Waals surface area (Å²) in [4.78, 5) is 12.0. The van der Waals surface area contributed by atoms with E-state index in [-0.39, 0.29) is 17.8 Å². The highest BCUT2D eigenvalue weighted by atomic mass is 16.4. The molecule has 3 aromatic heterocycles. The van der Waals surface area contributed by atoms with Gasteiger partial charge in [0.2, 0.25) is 0 Å². The lowest BCUT2D eigenvalue weighted by atomic mass is 10.3. The van der Waals surface area contributed by atoms with Gasteiger partial charge in [0.15, 0.2) is 5.69 Å². The number of amides is 1. The first-order chi connectivity index (χ1) is 10.5. The molecule has 9 nitrogen and oxygen atoms in total. The van der Waals surface area contributed by atoms with Gasteiger partial charge >= 0.3 is 6.01 Å². The molecule has 0 fully saturated rings. The molecule has 0 spiro atoms. The van der Waals surface area contributed by atoms with Gasteiger partial charge in [0, 0.05) is 25.5 Å². The van der Waals surface area contributed by atoms with Crippen molar-refractivity contribution >= 4 is 11.9 Å². The van der Waals surface area contributed by atoms with Crippen molar-refractivity contribution in [3.63, 3.8) is 0 Å². The number of aromatic nitrogens is 6. The normalized spacial score (nSPS) is 11.1. The molecule has 114 valence electrons. The number of rotatable bonds is 4. The van der Waals surface area contributed by atoms with Crippen molar-refractivity contribution in [3.05, 3.63) is 30.2 Å². The molecule has 22 heavy (non-hydrogen) atoms. The number of aryl methyl sites for hydroxylation is 1. The second-order valence-electron chi connectivity index (χ2n) is 5.00. The summed E-state index contributed by atoms with van der Waals surface area (Å²) in [5.41, 5.74) is 0.968. The van der Waals surface area contributed by atoms with Gasteiger partial charge in [-0.3, -0.25) is 19.5 Å². The summed E-state index contributed by atoms with van der Waals surface area (Å²) < 4.78 is 8.77. The van der Waals surface area contributed by atoms with Gasteiger partial charge in [-0.05, 0) is 26.0 Å². The lowest BCUT2D eigenvalue weighted by molar-refractivity contribution is 0.101. The van der Waals surface area contributed by atoms with E-state index < -0.39 is 5.91 Å². The Morgan fingerprint density at radius 3 is 2.82 bits per heavy atom. The summed E-state index contributed by atoms with van der Waals surface area (Å²) in [6, 6.07) is 3.55. The molecule has 0 unspecified atom stereocenters. The molecular weight excluding hydrogens is 286 g/mol. The molecule has 0 aliphatic rings. The molecule has 3 rings (SSSR count). The van der Waals surface area contributed by atoms with E-state index in [0.717, 1.165) is 0 Å². The first-order valence-corrected chi connectivity index (χ1v) is 6.73. The van der Waals surface area contributed by atoms with Gasteiger partial charge in [-0.15, -0.1) is 5.10 Å². The lowest BCUT2D eigenvalue weighted by Gasteiger charge is -2.07. The van der Waals surface area contributed by atoms with Crippen molar-refractivity contribution < 1.29 is 9.21 Å². The quantitative estimate of drug-likeness (QED) is 0.783. The molecule has 3 heterocycles. The van der Waals surface area contributed by atoms with Crippen molar-refractivity contribution in [1.82, 2.24) is 29.8 Å². The minimum absolute atomic E-state index is 0.0159. The van der Waals surface area contributed by atoms with E-state index >= 15 is 0 Å². The van der Waals surface area contributed by atoms with Crippen LogP contribution in [0.1, 0.15) is 30.4 Å². The van der Waals surface area contributed by atoms with Gasteiger partial charge in [0.05, 0.1) is 0 Å². The van der Waals surface area contributed by atoms with E-state index in [9.17, 15) is 4.79 Å². The number of nitrogens with zero attached hydrogens (tertiary/aromatic N) is 6. The zero-order chi connectivity index (χ0) is 15.7. The monoisotopic (exact) mass is 301 g/mol. The molecule has 3 aromatic rings. The Morgan fingerprint density at radius 2 is 2.14 bits per heavy atom. The predicted molar refractivity (Wildman–Crippen MR) is 77.1 cm³/mol. The second kappa shape index (κ2) is 5.43. The van der Waals surface area contributed by atoms with Crippen molar-refractivity contribution in [2.75, 3.05) is 5.32 Å². The fourth-order valence-electron chi connectivity index (χ4n) is 1.97. The summed E-state index contributed by atoms with van der Waals surface area (Å²) in [5, 5.41) is 18.5. The van der Waals surface area contributed by atoms with E-state index in [4.69, 9.17) is 4.42 Å². The molecule has 0 saturated carbocycles. The minimum atomic E-state index is -0.409. The molecule has 1 N–H and O–H groups in total. The summed E-state index contributed by atoms with van der Waals surface area (Å²) in [7, 11) is 1.73. The van der Waals surface area contributed by atoms with Crippen LogP contribution in [0.25, 0.3) is 11.6 Å². The molecule has 1 amide bonds. The summed E-state index contributed by atoms with van der Waals surface area (Å²) in [6.07, 6.45) is 3.33. The zero-order valence-electron chi connectivity index (χ0n) is 12.4. The number of nitrogens with one attached hydrogen (secondary N) is 1. The summed E-state index contributed by atoms with van der Waals surface area (Å²) in [6.45, 7) is 3.99. The van der Waals surface area contributed by atoms with E-state index in [2.05, 4.69) is 25.7 Å². The average molecular weight is 301 g/mol. The Kier molecular flexibility index (Phi) is 3.45. The highest BCUT2D eigenvalue weighted by molar-refractivity contribution is 6.01. The third-order valence-corrected chi connectivity index (χ3v) is 2.97. The van der Waals surface area contributed by atoms with Crippen LogP contribution in [0.5, 0.6) is 0 Å². The smallest absolute Gasteiger partial charge is 0.322 e. The van der Waals surface area contributed by atoms with Crippen LogP contribution in [0.3, 0.4) is 0 Å². The average Bonchev–Trinajstić information content (AvgIpc) is 3.16. The van der Waals surface area contributed by atoms with E-state index in [0.29, 0.717) is 11.6 Å². The van der Waals surface area contributed by atoms with Crippen molar-refractivity contribution in [2.45, 2.75) is 19.9 Å². The molecule has 9 heteroatoms. The van der Waals surface area contributed by atoms with Gasteiger partial charge in [-0.1, -0.05) is 5.10 Å². The summed E-state index contributed by atoms with van der Waals surface area (Å²) in [5.74, 6) is -0.115. The van der Waals surface area contributed by atoms with Gasteiger partial charge in [0.1, 0.15) is 5.69 Å². The Bertz CT molecular complexity index is 799. The van der Waals surface area contributed by atoms with Crippen molar-refractivity contribution in [3.8, 4) is 11.6 Å². The molecule has 0 aromatic carbocycles. The Balaban J connectivity index is 1.79. The third-order valence-electron chi connectivity index (χ3n) is 2.97. The van der Waals surface area contributed by atoms with E-state index in [1.807, 2.05) is 13.8 Å². The number of anilines is 1. The highest BCUT2D eigenvalue weighted by Crippen LogP contribution is 2.22. The Morgan fingerprint density at radius 1 is 1.32 bits per heavy atom. The van der Waals surface area contributed by atoms with Gasteiger partial charge in [0.25, 0.3) is 11.8 Å². The SMILES string of the molecule is CC(C)n1nccc1-c1nnc(NC(=O)c2ccn(C)n2)o1. The molecule has 0 bridgehead atoms. The molecule has 0 atom stereocenters. The molecular formula is C13H15N7O2. The molecule has 0 saturated heterocycles. The van der Waals surface area contributed by atoms with Crippen molar-refractivity contribution in [1.29, 1.82) is 0 Å². The van der Waals surface area contributed by atoms with Crippen LogP contribution in [0, 0.1) is 0 Å². The molecule has 0 aliphatic carbocycles. The van der Waals surface area contributed by atoms with Crippen LogP contribution in [0.4, 0.5) is 6.01 Å². The number of carbonyl (C=O) groups is 1. The number of hydrogen-bond acceptors (Lipinski definition) is 6. The van der Waals surface area contributed by atoms with E-state index in [1.165, 1.54) is 4.68 Å². The van der Waals surface area contributed by atoms with Crippen LogP contribution >= 0.6 is 0 Å². The molecule has 0 aliphatic heterocycles.